The second-order valence-corrected chi connectivity index (χ2v) is 2.18. The van der Waals surface area contributed by atoms with Crippen molar-refractivity contribution in [3.8, 4) is 0 Å². The quantitative estimate of drug-likeness (QED) is 0.457. The minimum absolute atomic E-state index is 0.593. The number of rotatable bonds is 5. The summed E-state index contributed by atoms with van der Waals surface area (Å²) < 4.78 is 0. The van der Waals surface area contributed by atoms with Gasteiger partial charge in [0.1, 0.15) is 0 Å². The summed E-state index contributed by atoms with van der Waals surface area (Å²) in [6.45, 7) is 1.97. The van der Waals surface area contributed by atoms with Crippen molar-refractivity contribution in [2.75, 3.05) is 19.6 Å². The standard InChI is InChI=1S/C7H17N3/c8-4-1-7(2-5-9)3-6-10/h1H,2-6,8-10H2. The highest BCUT2D eigenvalue weighted by atomic mass is 14.5. The van der Waals surface area contributed by atoms with Gasteiger partial charge in [-0.05, 0) is 25.9 Å². The molecule has 0 spiro atoms. The summed E-state index contributed by atoms with van der Waals surface area (Å²) in [5, 5.41) is 0. The highest BCUT2D eigenvalue weighted by molar-refractivity contribution is 5.03. The van der Waals surface area contributed by atoms with E-state index in [0.29, 0.717) is 19.6 Å². The third-order valence-corrected chi connectivity index (χ3v) is 1.34. The van der Waals surface area contributed by atoms with E-state index >= 15 is 0 Å². The average molecular weight is 143 g/mol. The first-order valence-electron chi connectivity index (χ1n) is 3.63. The first kappa shape index (κ1) is 9.62. The molecule has 0 atom stereocenters. The Hall–Kier alpha value is -0.380. The molecule has 3 nitrogen and oxygen atoms in total. The number of hydrogen-bond acceptors (Lipinski definition) is 3. The van der Waals surface area contributed by atoms with Crippen LogP contribution in [-0.4, -0.2) is 19.6 Å². The smallest absolute Gasteiger partial charge is 0.0109 e. The molecule has 0 radical (unpaired) electrons. The molecule has 6 N–H and O–H groups in total. The fraction of sp³-hybridized carbons (Fsp3) is 0.714. The molecule has 0 fully saturated rings. The van der Waals surface area contributed by atoms with Crippen LogP contribution in [0.15, 0.2) is 11.6 Å². The van der Waals surface area contributed by atoms with E-state index in [2.05, 4.69) is 0 Å². The lowest BCUT2D eigenvalue weighted by molar-refractivity contribution is 0.843. The molecule has 0 unspecified atom stereocenters. The Kier molecular flexibility index (Phi) is 6.48. The highest BCUT2D eigenvalue weighted by Gasteiger charge is 1.92. The Balaban J connectivity index is 3.60. The molecule has 0 aromatic carbocycles. The van der Waals surface area contributed by atoms with Crippen molar-refractivity contribution in [2.45, 2.75) is 12.8 Å². The van der Waals surface area contributed by atoms with E-state index in [0.717, 1.165) is 12.8 Å². The first-order chi connectivity index (χ1) is 4.85. The molecule has 10 heavy (non-hydrogen) atoms. The van der Waals surface area contributed by atoms with Gasteiger partial charge in [0.15, 0.2) is 0 Å². The number of nitrogens with two attached hydrogens (primary N) is 3. The van der Waals surface area contributed by atoms with Gasteiger partial charge in [0, 0.05) is 6.54 Å². The van der Waals surface area contributed by atoms with Crippen molar-refractivity contribution in [3.63, 3.8) is 0 Å². The van der Waals surface area contributed by atoms with Crippen molar-refractivity contribution in [3.05, 3.63) is 11.6 Å². The van der Waals surface area contributed by atoms with Crippen LogP contribution in [0.2, 0.25) is 0 Å². The Morgan fingerprint density at radius 1 is 1.00 bits per heavy atom. The summed E-state index contributed by atoms with van der Waals surface area (Å²) in [4.78, 5) is 0. The van der Waals surface area contributed by atoms with Gasteiger partial charge in [0.25, 0.3) is 0 Å². The van der Waals surface area contributed by atoms with Crippen LogP contribution in [-0.2, 0) is 0 Å². The lowest BCUT2D eigenvalue weighted by atomic mass is 10.1. The molecule has 0 amide bonds. The van der Waals surface area contributed by atoms with E-state index in [9.17, 15) is 0 Å². The molecule has 0 aromatic rings. The fourth-order valence-corrected chi connectivity index (χ4v) is 0.867. The van der Waals surface area contributed by atoms with Gasteiger partial charge in [-0.15, -0.1) is 0 Å². The summed E-state index contributed by atoms with van der Waals surface area (Å²) in [5.41, 5.74) is 17.4. The van der Waals surface area contributed by atoms with Crippen LogP contribution in [0.1, 0.15) is 12.8 Å². The largest absolute Gasteiger partial charge is 0.330 e. The second kappa shape index (κ2) is 6.74. The topological polar surface area (TPSA) is 78.1 Å². The van der Waals surface area contributed by atoms with Crippen LogP contribution in [0.4, 0.5) is 0 Å². The Morgan fingerprint density at radius 3 is 1.80 bits per heavy atom. The molecule has 3 heteroatoms. The number of hydrogen-bond donors (Lipinski definition) is 3. The van der Waals surface area contributed by atoms with Crippen LogP contribution >= 0.6 is 0 Å². The van der Waals surface area contributed by atoms with Gasteiger partial charge < -0.3 is 17.2 Å². The molecule has 0 saturated heterocycles. The second-order valence-electron chi connectivity index (χ2n) is 2.18. The SMILES string of the molecule is NCC=C(CCN)CCN. The van der Waals surface area contributed by atoms with Gasteiger partial charge in [-0.1, -0.05) is 11.6 Å². The summed E-state index contributed by atoms with van der Waals surface area (Å²) in [7, 11) is 0. The lowest BCUT2D eigenvalue weighted by Gasteiger charge is -2.02. The van der Waals surface area contributed by atoms with E-state index in [4.69, 9.17) is 17.2 Å². The van der Waals surface area contributed by atoms with Crippen molar-refractivity contribution >= 4 is 0 Å². The van der Waals surface area contributed by atoms with Crippen LogP contribution in [0.25, 0.3) is 0 Å². The summed E-state index contributed by atoms with van der Waals surface area (Å²) >= 11 is 0. The monoisotopic (exact) mass is 143 g/mol. The molecule has 0 rings (SSSR count). The van der Waals surface area contributed by atoms with Gasteiger partial charge in [-0.25, -0.2) is 0 Å². The lowest BCUT2D eigenvalue weighted by Crippen LogP contribution is -2.07. The van der Waals surface area contributed by atoms with Crippen LogP contribution in [0, 0.1) is 0 Å². The molecule has 0 aliphatic heterocycles. The van der Waals surface area contributed by atoms with Crippen LogP contribution < -0.4 is 17.2 Å². The van der Waals surface area contributed by atoms with E-state index in [-0.39, 0.29) is 0 Å². The van der Waals surface area contributed by atoms with Gasteiger partial charge in [0.05, 0.1) is 0 Å². The van der Waals surface area contributed by atoms with Crippen molar-refractivity contribution in [2.24, 2.45) is 17.2 Å². The Bertz CT molecular complexity index is 91.0. The zero-order valence-electron chi connectivity index (χ0n) is 6.34. The van der Waals surface area contributed by atoms with Gasteiger partial charge in [-0.2, -0.15) is 0 Å². The molecule has 0 saturated carbocycles. The van der Waals surface area contributed by atoms with Crippen LogP contribution in [0.3, 0.4) is 0 Å². The zero-order chi connectivity index (χ0) is 7.82. The van der Waals surface area contributed by atoms with Crippen LogP contribution in [0.5, 0.6) is 0 Å². The highest BCUT2D eigenvalue weighted by Crippen LogP contribution is 2.02. The van der Waals surface area contributed by atoms with E-state index < -0.39 is 0 Å². The van der Waals surface area contributed by atoms with Crippen molar-refractivity contribution < 1.29 is 0 Å². The average Bonchev–Trinajstić information content (AvgIpc) is 1.90. The fourth-order valence-electron chi connectivity index (χ4n) is 0.867. The summed E-state index contributed by atoms with van der Waals surface area (Å²) in [5.74, 6) is 0. The maximum Gasteiger partial charge on any atom is 0.0109 e. The third-order valence-electron chi connectivity index (χ3n) is 1.34. The molecule has 0 aliphatic carbocycles. The summed E-state index contributed by atoms with van der Waals surface area (Å²) in [6, 6.07) is 0. The molecule has 0 heterocycles. The van der Waals surface area contributed by atoms with E-state index in [1.807, 2.05) is 6.08 Å². The summed E-state index contributed by atoms with van der Waals surface area (Å²) in [6.07, 6.45) is 3.85. The minimum atomic E-state index is 0.593. The van der Waals surface area contributed by atoms with Crippen molar-refractivity contribution in [1.29, 1.82) is 0 Å². The van der Waals surface area contributed by atoms with Gasteiger partial charge in [0.2, 0.25) is 0 Å². The maximum atomic E-state index is 5.37. The molecule has 60 valence electrons. The van der Waals surface area contributed by atoms with E-state index in [1.54, 1.807) is 0 Å². The predicted molar refractivity (Wildman–Crippen MR) is 44.5 cm³/mol. The first-order valence-corrected chi connectivity index (χ1v) is 3.63. The molecule has 0 aromatic heterocycles. The predicted octanol–water partition coefficient (Wildman–Crippen LogP) is -0.431. The maximum absolute atomic E-state index is 5.37. The molecule has 0 bridgehead atoms. The molecule has 0 aliphatic rings. The van der Waals surface area contributed by atoms with Gasteiger partial charge >= 0.3 is 0 Å². The van der Waals surface area contributed by atoms with Gasteiger partial charge in [-0.3, -0.25) is 0 Å². The molecular formula is C7H17N3. The zero-order valence-corrected chi connectivity index (χ0v) is 6.34. The van der Waals surface area contributed by atoms with E-state index in [1.165, 1.54) is 5.57 Å². The third kappa shape index (κ3) is 4.49. The minimum Gasteiger partial charge on any atom is -0.330 e. The van der Waals surface area contributed by atoms with Crippen molar-refractivity contribution in [1.82, 2.24) is 0 Å². The normalized spacial score (nSPS) is 9.50. The Morgan fingerprint density at radius 2 is 1.50 bits per heavy atom. The Labute approximate surface area is 62.3 Å². The molecular weight excluding hydrogens is 126 g/mol.